The molecule has 0 radical (unpaired) electrons. The Morgan fingerprint density at radius 2 is 1.85 bits per heavy atom. The van der Waals surface area contributed by atoms with Crippen LogP contribution in [0, 0.1) is 11.3 Å². The number of hydrogen-bond acceptors (Lipinski definition) is 2. The van der Waals surface area contributed by atoms with Gasteiger partial charge in [0.1, 0.15) is 0 Å². The van der Waals surface area contributed by atoms with Crippen molar-refractivity contribution in [2.24, 2.45) is 0 Å². The highest BCUT2D eigenvalue weighted by Gasteiger charge is 2.19. The summed E-state index contributed by atoms with van der Waals surface area (Å²) in [6, 6.07) is 9.89. The number of anilines is 1. The van der Waals surface area contributed by atoms with Crippen LogP contribution in [0.1, 0.15) is 25.8 Å². The van der Waals surface area contributed by atoms with Crippen LogP contribution < -0.4 is 5.73 Å². The monoisotopic (exact) mass is 174 g/mol. The van der Waals surface area contributed by atoms with Gasteiger partial charge in [-0.2, -0.15) is 5.26 Å². The van der Waals surface area contributed by atoms with E-state index in [9.17, 15) is 0 Å². The van der Waals surface area contributed by atoms with Crippen LogP contribution in [0.5, 0.6) is 0 Å². The quantitative estimate of drug-likeness (QED) is 0.700. The second-order valence-corrected chi connectivity index (χ2v) is 3.84. The third-order valence-electron chi connectivity index (χ3n) is 2.21. The highest BCUT2D eigenvalue weighted by Crippen LogP contribution is 2.26. The van der Waals surface area contributed by atoms with Gasteiger partial charge < -0.3 is 5.73 Å². The summed E-state index contributed by atoms with van der Waals surface area (Å²) in [4.78, 5) is 0. The largest absolute Gasteiger partial charge is 0.399 e. The van der Waals surface area contributed by atoms with Crippen molar-refractivity contribution >= 4 is 5.69 Å². The number of nitriles is 1. The molecule has 1 aromatic carbocycles. The van der Waals surface area contributed by atoms with Crippen LogP contribution >= 0.6 is 0 Å². The van der Waals surface area contributed by atoms with Gasteiger partial charge >= 0.3 is 0 Å². The Kier molecular flexibility index (Phi) is 2.57. The van der Waals surface area contributed by atoms with Gasteiger partial charge in [0, 0.05) is 17.5 Å². The van der Waals surface area contributed by atoms with Gasteiger partial charge in [0.25, 0.3) is 0 Å². The molecule has 0 aliphatic heterocycles. The minimum atomic E-state index is -0.0809. The predicted molar refractivity (Wildman–Crippen MR) is 54.1 cm³/mol. The lowest BCUT2D eigenvalue weighted by Gasteiger charge is -2.21. The van der Waals surface area contributed by atoms with E-state index in [1.54, 1.807) is 0 Å². The molecular formula is C11H14N2. The third-order valence-corrected chi connectivity index (χ3v) is 2.21. The van der Waals surface area contributed by atoms with Crippen molar-refractivity contribution in [2.75, 3.05) is 5.73 Å². The lowest BCUT2D eigenvalue weighted by molar-refractivity contribution is 0.540. The first-order valence-electron chi connectivity index (χ1n) is 4.29. The Morgan fingerprint density at radius 1 is 1.31 bits per heavy atom. The molecule has 0 fully saturated rings. The van der Waals surface area contributed by atoms with Crippen molar-refractivity contribution in [1.82, 2.24) is 0 Å². The smallest absolute Gasteiger partial charge is 0.0630 e. The van der Waals surface area contributed by atoms with Crippen LogP contribution in [0.15, 0.2) is 24.3 Å². The van der Waals surface area contributed by atoms with Crippen LogP contribution in [-0.4, -0.2) is 0 Å². The summed E-state index contributed by atoms with van der Waals surface area (Å²) in [6.45, 7) is 4.11. The van der Waals surface area contributed by atoms with Crippen LogP contribution in [0.2, 0.25) is 0 Å². The van der Waals surface area contributed by atoms with Crippen molar-refractivity contribution < 1.29 is 0 Å². The maximum atomic E-state index is 8.64. The number of nitrogens with two attached hydrogens (primary N) is 1. The van der Waals surface area contributed by atoms with E-state index < -0.39 is 0 Å². The topological polar surface area (TPSA) is 49.8 Å². The molecule has 0 saturated heterocycles. The fourth-order valence-electron chi connectivity index (χ4n) is 1.23. The summed E-state index contributed by atoms with van der Waals surface area (Å²) >= 11 is 0. The molecule has 1 rings (SSSR count). The van der Waals surface area contributed by atoms with Gasteiger partial charge in [-0.1, -0.05) is 26.0 Å². The first-order chi connectivity index (χ1) is 6.06. The molecule has 0 aliphatic rings. The van der Waals surface area contributed by atoms with Crippen LogP contribution in [0.4, 0.5) is 5.69 Å². The van der Waals surface area contributed by atoms with E-state index in [-0.39, 0.29) is 5.41 Å². The van der Waals surface area contributed by atoms with Crippen molar-refractivity contribution in [3.05, 3.63) is 29.8 Å². The molecule has 13 heavy (non-hydrogen) atoms. The summed E-state index contributed by atoms with van der Waals surface area (Å²) in [7, 11) is 0. The highest BCUT2D eigenvalue weighted by molar-refractivity contribution is 5.41. The molecule has 2 N–H and O–H groups in total. The summed E-state index contributed by atoms with van der Waals surface area (Å²) in [5, 5.41) is 8.64. The van der Waals surface area contributed by atoms with E-state index in [0.717, 1.165) is 11.3 Å². The SMILES string of the molecule is CC(C)(CC#N)c1ccc(N)cc1. The van der Waals surface area contributed by atoms with E-state index in [2.05, 4.69) is 19.9 Å². The van der Waals surface area contributed by atoms with Gasteiger partial charge in [-0.3, -0.25) is 0 Å². The average Bonchev–Trinajstić information content (AvgIpc) is 2.05. The zero-order valence-corrected chi connectivity index (χ0v) is 8.04. The van der Waals surface area contributed by atoms with Gasteiger partial charge in [-0.25, -0.2) is 0 Å². The zero-order valence-electron chi connectivity index (χ0n) is 8.04. The molecule has 0 saturated carbocycles. The summed E-state index contributed by atoms with van der Waals surface area (Å²) in [5.41, 5.74) is 7.41. The minimum absolute atomic E-state index is 0.0809. The Balaban J connectivity index is 2.95. The Bertz CT molecular complexity index is 317. The van der Waals surface area contributed by atoms with Crippen molar-refractivity contribution in [2.45, 2.75) is 25.7 Å². The molecule has 0 heterocycles. The van der Waals surface area contributed by atoms with Crippen LogP contribution in [0.3, 0.4) is 0 Å². The first-order valence-corrected chi connectivity index (χ1v) is 4.29. The van der Waals surface area contributed by atoms with Gasteiger partial charge in [0.15, 0.2) is 0 Å². The summed E-state index contributed by atoms with van der Waals surface area (Å²) in [6.07, 6.45) is 0.525. The molecular weight excluding hydrogens is 160 g/mol. The molecule has 0 aliphatic carbocycles. The lowest BCUT2D eigenvalue weighted by Crippen LogP contribution is -2.15. The maximum absolute atomic E-state index is 8.64. The normalized spacial score (nSPS) is 10.8. The molecule has 1 aromatic rings. The molecule has 0 unspecified atom stereocenters. The average molecular weight is 174 g/mol. The second kappa shape index (κ2) is 3.49. The van der Waals surface area contributed by atoms with E-state index in [0.29, 0.717) is 6.42 Å². The molecule has 0 amide bonds. The fourth-order valence-corrected chi connectivity index (χ4v) is 1.23. The van der Waals surface area contributed by atoms with Crippen molar-refractivity contribution in [3.63, 3.8) is 0 Å². The van der Waals surface area contributed by atoms with Gasteiger partial charge in [-0.05, 0) is 17.7 Å². The Hall–Kier alpha value is -1.49. The number of rotatable bonds is 2. The van der Waals surface area contributed by atoms with E-state index in [1.165, 1.54) is 0 Å². The summed E-state index contributed by atoms with van der Waals surface area (Å²) < 4.78 is 0. The number of benzene rings is 1. The van der Waals surface area contributed by atoms with Crippen LogP contribution in [0.25, 0.3) is 0 Å². The highest BCUT2D eigenvalue weighted by atomic mass is 14.5. The van der Waals surface area contributed by atoms with Crippen LogP contribution in [-0.2, 0) is 5.41 Å². The van der Waals surface area contributed by atoms with Gasteiger partial charge in [-0.15, -0.1) is 0 Å². The second-order valence-electron chi connectivity index (χ2n) is 3.84. The van der Waals surface area contributed by atoms with Crippen molar-refractivity contribution in [3.8, 4) is 6.07 Å². The summed E-state index contributed by atoms with van der Waals surface area (Å²) in [5.74, 6) is 0. The lowest BCUT2D eigenvalue weighted by atomic mass is 9.82. The number of hydrogen-bond donors (Lipinski definition) is 1. The van der Waals surface area contributed by atoms with E-state index in [1.807, 2.05) is 24.3 Å². The van der Waals surface area contributed by atoms with E-state index in [4.69, 9.17) is 11.0 Å². The molecule has 0 bridgehead atoms. The van der Waals surface area contributed by atoms with E-state index >= 15 is 0 Å². The number of nitrogen functional groups attached to an aromatic ring is 1. The fraction of sp³-hybridized carbons (Fsp3) is 0.364. The Morgan fingerprint density at radius 3 is 2.31 bits per heavy atom. The van der Waals surface area contributed by atoms with Crippen molar-refractivity contribution in [1.29, 1.82) is 5.26 Å². The molecule has 68 valence electrons. The first kappa shape index (κ1) is 9.60. The molecule has 0 aromatic heterocycles. The maximum Gasteiger partial charge on any atom is 0.0630 e. The zero-order chi connectivity index (χ0) is 9.90. The molecule has 2 heteroatoms. The predicted octanol–water partition coefficient (Wildman–Crippen LogP) is 2.46. The third kappa shape index (κ3) is 2.22. The number of nitrogens with zero attached hydrogens (tertiary/aromatic N) is 1. The molecule has 0 spiro atoms. The standard InChI is InChI=1S/C11H14N2/c1-11(2,7-8-12)9-3-5-10(13)6-4-9/h3-6H,7,13H2,1-2H3. The van der Waals surface area contributed by atoms with Gasteiger partial charge in [0.2, 0.25) is 0 Å². The van der Waals surface area contributed by atoms with Gasteiger partial charge in [0.05, 0.1) is 6.07 Å². The molecule has 2 nitrogen and oxygen atoms in total. The minimum Gasteiger partial charge on any atom is -0.399 e. The molecule has 0 atom stereocenters. The Labute approximate surface area is 79.0 Å².